The van der Waals surface area contributed by atoms with E-state index < -0.39 is 0 Å². The quantitative estimate of drug-likeness (QED) is 0.0434. The number of benzene rings is 2. The van der Waals surface area contributed by atoms with E-state index in [-0.39, 0.29) is 48.4 Å². The second kappa shape index (κ2) is 36.8. The minimum atomic E-state index is -0.0290. The van der Waals surface area contributed by atoms with Crippen LogP contribution in [0.3, 0.4) is 0 Å². The van der Waals surface area contributed by atoms with Crippen LogP contribution in [0.1, 0.15) is 66.6 Å². The van der Waals surface area contributed by atoms with Crippen LogP contribution < -0.4 is 34.1 Å². The largest absolute Gasteiger partial charge is 0.395 e. The van der Waals surface area contributed by atoms with E-state index in [2.05, 4.69) is 142 Å². The number of ketones is 2. The van der Waals surface area contributed by atoms with Gasteiger partial charge < -0.3 is 26.0 Å². The van der Waals surface area contributed by atoms with Crippen LogP contribution in [-0.2, 0) is 12.8 Å². The van der Waals surface area contributed by atoms with Crippen molar-refractivity contribution < 1.29 is 28.0 Å². The third-order valence-electron chi connectivity index (χ3n) is 10.9. The standard InChI is InChI=1S/C24H29ClN6OS.C17H14Cl2N4OS.C6H14N2O.I3.I2.HI/c1-4-8-30-9-11-31(12-10-30)23-14-22(27-17(3)28-23)29-24-26-15-21(33-24)20(32)13-18-16(2)6-5-7-19(18)25;1-9-4-3-5-12(18)11(9)6-13(24)14-8-20-17(25-14)23-16-7-15(19)21-10(2)22-16;9-6-5-8-3-1-7-2-4-8;1-3-2;1-2;/h5-7,14-15H,4,8-13H2,1-3H3,(H,26,27,28,29);3-5,7-8H,6H2,1-2H3,(H,20,21,22,23);7,9H,1-6H2;;;1H/q;;;-1;;. The Hall–Kier alpha value is -0.310. The zero-order valence-electron chi connectivity index (χ0n) is 40.7. The molecule has 0 spiro atoms. The molecule has 6 heterocycles. The Balaban J connectivity index is 0.000000309. The molecule has 0 radical (unpaired) electrons. The Labute approximate surface area is 522 Å². The fourth-order valence-electron chi connectivity index (χ4n) is 7.38. The fourth-order valence-corrected chi connectivity index (χ4v) is 9.71. The van der Waals surface area contributed by atoms with Gasteiger partial charge in [-0.05, 0) is 75.0 Å². The number of carbonyl (C=O) groups is 2. The predicted molar refractivity (Wildman–Crippen MR) is 345 cm³/mol. The van der Waals surface area contributed by atoms with Crippen molar-refractivity contribution >= 4 is 195 Å². The topological polar surface area (TPSA) is 178 Å². The van der Waals surface area contributed by atoms with Crippen molar-refractivity contribution in [2.24, 2.45) is 0 Å². The van der Waals surface area contributed by atoms with Crippen molar-refractivity contribution in [1.82, 2.24) is 45.0 Å². The van der Waals surface area contributed by atoms with E-state index in [0.29, 0.717) is 78.4 Å². The van der Waals surface area contributed by atoms with Gasteiger partial charge in [0.1, 0.15) is 34.3 Å². The second-order valence-electron chi connectivity index (χ2n) is 16.1. The molecule has 400 valence electrons. The number of hydrogen-bond donors (Lipinski definition) is 4. The van der Waals surface area contributed by atoms with Gasteiger partial charge in [0.25, 0.3) is 0 Å². The van der Waals surface area contributed by atoms with Gasteiger partial charge >= 0.3 is 50.5 Å². The normalized spacial score (nSPS) is 13.4. The van der Waals surface area contributed by atoms with Crippen molar-refractivity contribution in [2.45, 2.75) is 53.9 Å². The number of nitrogens with zero attached hydrogens (tertiary/aromatic N) is 9. The summed E-state index contributed by atoms with van der Waals surface area (Å²) in [6.07, 6.45) is 4.84. The van der Waals surface area contributed by atoms with Gasteiger partial charge in [0.05, 0.1) is 28.8 Å². The molecule has 0 atom stereocenters. The van der Waals surface area contributed by atoms with E-state index in [1.54, 1.807) is 31.5 Å². The Morgan fingerprint density at radius 3 is 1.63 bits per heavy atom. The molecule has 0 saturated carbocycles. The molecule has 2 aromatic carbocycles. The Morgan fingerprint density at radius 2 is 1.18 bits per heavy atom. The molecule has 15 nitrogen and oxygen atoms in total. The molecule has 8 rings (SSSR count). The number of nitrogens with one attached hydrogen (secondary N) is 3. The van der Waals surface area contributed by atoms with E-state index in [9.17, 15) is 9.59 Å². The van der Waals surface area contributed by atoms with Crippen molar-refractivity contribution in [2.75, 3.05) is 87.6 Å². The summed E-state index contributed by atoms with van der Waals surface area (Å²) in [6.45, 7) is 20.3. The summed E-state index contributed by atoms with van der Waals surface area (Å²) < 4.78 is 0. The molecule has 4 N–H and O–H groups in total. The van der Waals surface area contributed by atoms with Crippen molar-refractivity contribution in [3.8, 4) is 0 Å². The molecule has 4 aromatic heterocycles. The van der Waals surface area contributed by atoms with Gasteiger partial charge in [-0.1, -0.05) is 88.7 Å². The van der Waals surface area contributed by atoms with Crippen LogP contribution in [-0.4, -0.2) is 128 Å². The summed E-state index contributed by atoms with van der Waals surface area (Å²) in [5.74, 6) is 3.37. The summed E-state index contributed by atoms with van der Waals surface area (Å²) in [5, 5.41) is 20.9. The first kappa shape index (κ1) is 67.0. The number of aromatic nitrogens is 6. The maximum atomic E-state index is 12.8. The molecule has 2 saturated heterocycles. The Kier molecular flexibility index (Phi) is 33.7. The zero-order valence-corrected chi connectivity index (χ0v) is 57.7. The third-order valence-corrected chi connectivity index (χ3v) is 13.7. The summed E-state index contributed by atoms with van der Waals surface area (Å²) in [7, 11) is 0. The van der Waals surface area contributed by atoms with E-state index in [1.165, 1.54) is 29.1 Å². The minimum absolute atomic E-state index is 0. The molecule has 6 aromatic rings. The second-order valence-corrected chi connectivity index (χ2v) is 35.6. The summed E-state index contributed by atoms with van der Waals surface area (Å²) >= 11 is 30.5. The molecule has 26 heteroatoms. The fraction of sp³-hybridized carbons (Fsp3) is 0.404. The number of aliphatic hydroxyl groups excluding tert-OH is 1. The first-order valence-electron chi connectivity index (χ1n) is 22.6. The molecule has 0 amide bonds. The van der Waals surface area contributed by atoms with Gasteiger partial charge in [-0.15, -0.1) is 24.0 Å². The SMILES string of the molecule is CCCN1CCN(c2cc(Nc3ncc(C(=O)Cc4c(C)cccc4Cl)s3)nc(C)n2)CC1.Cc1nc(Cl)cc(Nc2ncc(C(=O)Cc3c(C)cccc3Cl)s2)n1.I.II.I[I-]I.OCCN1CCNCC1. The first-order chi connectivity index (χ1) is 34.7. The molecule has 0 aliphatic carbocycles. The minimum Gasteiger partial charge on any atom is -0.395 e. The van der Waals surface area contributed by atoms with Crippen molar-refractivity contribution in [1.29, 1.82) is 0 Å². The average molecular weight is 1770 g/mol. The molecule has 2 fully saturated rings. The maximum absolute atomic E-state index is 12.8. The molecular formula is C47H58Cl3I6N12O3S2-. The summed E-state index contributed by atoms with van der Waals surface area (Å²) in [4.78, 5) is 59.6. The van der Waals surface area contributed by atoms with Gasteiger partial charge in [-0.2, -0.15) is 0 Å². The number of anilines is 5. The third kappa shape index (κ3) is 23.5. The van der Waals surface area contributed by atoms with E-state index >= 15 is 0 Å². The van der Waals surface area contributed by atoms with Crippen LogP contribution in [0, 0.1) is 27.7 Å². The molecule has 2 aliphatic rings. The monoisotopic (exact) mass is 1770 g/mol. The Bertz CT molecular complexity index is 2570. The average Bonchev–Trinajstić information content (AvgIpc) is 4.03. The first-order valence-corrected chi connectivity index (χ1v) is 44.2. The molecule has 2 aliphatic heterocycles. The van der Waals surface area contributed by atoms with Crippen LogP contribution in [0.25, 0.3) is 0 Å². The Morgan fingerprint density at radius 1 is 0.712 bits per heavy atom. The van der Waals surface area contributed by atoms with Crippen LogP contribution in [0.15, 0.2) is 60.9 Å². The number of piperazine rings is 2. The van der Waals surface area contributed by atoms with Gasteiger partial charge in [0.15, 0.2) is 21.8 Å². The molecule has 0 bridgehead atoms. The van der Waals surface area contributed by atoms with E-state index in [1.807, 2.05) is 57.2 Å². The summed E-state index contributed by atoms with van der Waals surface area (Å²) in [5.41, 5.74) is 3.71. The maximum Gasteiger partial charge on any atom is 0.0558 e. The van der Waals surface area contributed by atoms with Gasteiger partial charge in [-0.3, -0.25) is 19.4 Å². The van der Waals surface area contributed by atoms with Crippen molar-refractivity contribution in [3.05, 3.63) is 120 Å². The zero-order chi connectivity index (χ0) is 52.6. The van der Waals surface area contributed by atoms with Crippen LogP contribution in [0.5, 0.6) is 0 Å². The summed E-state index contributed by atoms with van der Waals surface area (Å²) in [6, 6.07) is 14.8. The predicted octanol–water partition coefficient (Wildman–Crippen LogP) is 9.98. The number of rotatable bonds is 15. The van der Waals surface area contributed by atoms with Gasteiger partial charge in [-0.25, -0.2) is 29.9 Å². The number of β-amino-alcohol motifs (C(OH)–C–C–N with tert-alkyl or cyclic N) is 1. The number of Topliss-reactive ketones (excluding diaryl/α,β-unsaturated/α-hetero) is 2. The van der Waals surface area contributed by atoms with Gasteiger partial charge in [0.2, 0.25) is 0 Å². The molecule has 73 heavy (non-hydrogen) atoms. The van der Waals surface area contributed by atoms with Gasteiger partial charge in [0, 0.05) is 131 Å². The number of carbonyl (C=O) groups excluding carboxylic acids is 2. The van der Waals surface area contributed by atoms with Crippen molar-refractivity contribution in [3.63, 3.8) is 0 Å². The number of thiazole rings is 2. The van der Waals surface area contributed by atoms with Crippen LogP contribution in [0.4, 0.5) is 27.7 Å². The number of aliphatic hydroxyl groups is 1. The van der Waals surface area contributed by atoms with E-state index in [0.717, 1.165) is 93.5 Å². The van der Waals surface area contributed by atoms with Crippen LogP contribution in [0.2, 0.25) is 15.2 Å². The molecular weight excluding hydrogens is 1710 g/mol. The molecule has 0 unspecified atom stereocenters. The van der Waals surface area contributed by atoms with Crippen LogP contribution >= 0.6 is 156 Å². The smallest absolute Gasteiger partial charge is 0.0558 e. The number of hydrogen-bond acceptors (Lipinski definition) is 17. The van der Waals surface area contributed by atoms with E-state index in [4.69, 9.17) is 39.9 Å². The number of halogens is 9. The number of aryl methyl sites for hydroxylation is 4.